The van der Waals surface area contributed by atoms with Crippen molar-refractivity contribution < 1.29 is 13.2 Å². The highest BCUT2D eigenvalue weighted by Crippen LogP contribution is 1.86. The molecule has 0 aliphatic carbocycles. The normalized spacial score (nSPS) is 12.5. The second kappa shape index (κ2) is 8.08. The van der Waals surface area contributed by atoms with Crippen LogP contribution in [0.25, 0.3) is 0 Å². The van der Waals surface area contributed by atoms with Crippen LogP contribution in [0.3, 0.4) is 0 Å². The summed E-state index contributed by atoms with van der Waals surface area (Å²) in [6, 6.07) is 0. The quantitative estimate of drug-likeness (QED) is 0.267. The monoisotopic (exact) mass is 263 g/mol. The SMILES string of the molecule is C=C(C)CN=C(N)NCCOCCS(C)(=O)=O. The van der Waals surface area contributed by atoms with Crippen LogP contribution in [0.5, 0.6) is 0 Å². The minimum atomic E-state index is -2.95. The fourth-order valence-electron chi connectivity index (χ4n) is 0.840. The summed E-state index contributed by atoms with van der Waals surface area (Å²) in [6.07, 6.45) is 1.18. The first-order valence-corrected chi connectivity index (χ1v) is 7.31. The molecule has 0 atom stereocenters. The second-order valence-corrected chi connectivity index (χ2v) is 6.09. The molecule has 0 saturated heterocycles. The molecular formula is C10H21N3O3S. The number of sulfone groups is 1. The molecule has 0 bridgehead atoms. The molecule has 0 aromatic carbocycles. The molecule has 0 saturated carbocycles. The van der Waals surface area contributed by atoms with Gasteiger partial charge < -0.3 is 15.8 Å². The van der Waals surface area contributed by atoms with Gasteiger partial charge in [-0.1, -0.05) is 12.2 Å². The number of rotatable bonds is 8. The van der Waals surface area contributed by atoms with Gasteiger partial charge in [0.05, 0.1) is 25.5 Å². The third-order valence-corrected chi connectivity index (χ3v) is 2.58. The van der Waals surface area contributed by atoms with E-state index in [0.29, 0.717) is 25.7 Å². The Balaban J connectivity index is 3.52. The van der Waals surface area contributed by atoms with E-state index in [4.69, 9.17) is 10.5 Å². The van der Waals surface area contributed by atoms with Gasteiger partial charge >= 0.3 is 0 Å². The van der Waals surface area contributed by atoms with E-state index in [0.717, 1.165) is 5.57 Å². The Labute approximate surface area is 103 Å². The van der Waals surface area contributed by atoms with Crippen molar-refractivity contribution in [3.63, 3.8) is 0 Å². The molecule has 0 aromatic heterocycles. The van der Waals surface area contributed by atoms with Crippen molar-refractivity contribution in [1.29, 1.82) is 0 Å². The van der Waals surface area contributed by atoms with Gasteiger partial charge in [0.25, 0.3) is 0 Å². The Morgan fingerprint density at radius 3 is 2.65 bits per heavy atom. The van der Waals surface area contributed by atoms with Gasteiger partial charge in [0.15, 0.2) is 5.96 Å². The minimum absolute atomic E-state index is 0.0340. The number of ether oxygens (including phenoxy) is 1. The summed E-state index contributed by atoms with van der Waals surface area (Å²) >= 11 is 0. The van der Waals surface area contributed by atoms with Crippen molar-refractivity contribution in [2.45, 2.75) is 6.92 Å². The molecule has 0 aromatic rings. The number of hydrogen-bond acceptors (Lipinski definition) is 4. The van der Waals surface area contributed by atoms with Crippen LogP contribution in [0.1, 0.15) is 6.92 Å². The number of guanidine groups is 1. The van der Waals surface area contributed by atoms with Gasteiger partial charge in [0, 0.05) is 12.8 Å². The molecule has 7 heteroatoms. The molecule has 0 fully saturated rings. The first kappa shape index (κ1) is 15.9. The van der Waals surface area contributed by atoms with E-state index in [1.807, 2.05) is 6.92 Å². The van der Waals surface area contributed by atoms with Gasteiger partial charge in [0.1, 0.15) is 9.84 Å². The molecule has 0 aliphatic heterocycles. The highest BCUT2D eigenvalue weighted by Gasteiger charge is 2.00. The van der Waals surface area contributed by atoms with E-state index in [2.05, 4.69) is 16.9 Å². The molecule has 0 unspecified atom stereocenters. The molecule has 0 spiro atoms. The lowest BCUT2D eigenvalue weighted by Crippen LogP contribution is -2.34. The van der Waals surface area contributed by atoms with Crippen molar-refractivity contribution in [3.05, 3.63) is 12.2 Å². The smallest absolute Gasteiger partial charge is 0.188 e. The minimum Gasteiger partial charge on any atom is -0.379 e. The predicted octanol–water partition coefficient (Wildman–Crippen LogP) is -0.472. The Morgan fingerprint density at radius 2 is 2.12 bits per heavy atom. The van der Waals surface area contributed by atoms with Crippen LogP contribution in [0, 0.1) is 0 Å². The fraction of sp³-hybridized carbons (Fsp3) is 0.700. The number of nitrogens with zero attached hydrogens (tertiary/aromatic N) is 1. The zero-order valence-electron chi connectivity index (χ0n) is 10.4. The molecule has 0 radical (unpaired) electrons. The van der Waals surface area contributed by atoms with E-state index in [1.54, 1.807) is 0 Å². The molecular weight excluding hydrogens is 242 g/mol. The number of nitrogens with one attached hydrogen (secondary N) is 1. The van der Waals surface area contributed by atoms with Crippen LogP contribution in [0.15, 0.2) is 17.1 Å². The van der Waals surface area contributed by atoms with Gasteiger partial charge in [-0.15, -0.1) is 0 Å². The average molecular weight is 263 g/mol. The van der Waals surface area contributed by atoms with Crippen LogP contribution in [0.2, 0.25) is 0 Å². The standard InChI is InChI=1S/C10H21N3O3S/c1-9(2)8-13-10(11)12-4-5-16-6-7-17(3,14)15/h1,4-8H2,2-3H3,(H3,11,12,13). The third-order valence-electron chi connectivity index (χ3n) is 1.67. The van der Waals surface area contributed by atoms with Crippen molar-refractivity contribution in [2.24, 2.45) is 10.7 Å². The third kappa shape index (κ3) is 12.9. The summed E-state index contributed by atoms with van der Waals surface area (Å²) in [5, 5.41) is 2.85. The van der Waals surface area contributed by atoms with E-state index in [-0.39, 0.29) is 12.4 Å². The van der Waals surface area contributed by atoms with Crippen molar-refractivity contribution in [3.8, 4) is 0 Å². The molecule has 0 heterocycles. The maximum Gasteiger partial charge on any atom is 0.188 e. The molecule has 17 heavy (non-hydrogen) atoms. The molecule has 0 amide bonds. The van der Waals surface area contributed by atoms with Crippen LogP contribution in [-0.4, -0.2) is 52.7 Å². The Hall–Kier alpha value is -1.08. The van der Waals surface area contributed by atoms with E-state index >= 15 is 0 Å². The van der Waals surface area contributed by atoms with Gasteiger partial charge in [0.2, 0.25) is 0 Å². The average Bonchev–Trinajstić information content (AvgIpc) is 2.18. The van der Waals surface area contributed by atoms with Crippen molar-refractivity contribution >= 4 is 15.8 Å². The van der Waals surface area contributed by atoms with Crippen LogP contribution >= 0.6 is 0 Å². The summed E-state index contributed by atoms with van der Waals surface area (Å²) in [7, 11) is -2.95. The van der Waals surface area contributed by atoms with Crippen LogP contribution < -0.4 is 11.1 Å². The predicted molar refractivity (Wildman–Crippen MR) is 69.8 cm³/mol. The lowest BCUT2D eigenvalue weighted by molar-refractivity contribution is 0.154. The van der Waals surface area contributed by atoms with Gasteiger partial charge in [-0.2, -0.15) is 0 Å². The van der Waals surface area contributed by atoms with E-state index in [1.165, 1.54) is 6.26 Å². The molecule has 3 N–H and O–H groups in total. The molecule has 0 rings (SSSR count). The second-order valence-electron chi connectivity index (χ2n) is 3.83. The summed E-state index contributed by atoms with van der Waals surface area (Å²) in [6.45, 7) is 7.14. The number of nitrogens with two attached hydrogens (primary N) is 1. The maximum atomic E-state index is 10.8. The first-order chi connectivity index (χ1) is 7.81. The van der Waals surface area contributed by atoms with E-state index in [9.17, 15) is 8.42 Å². The summed E-state index contributed by atoms with van der Waals surface area (Å²) < 4.78 is 26.7. The summed E-state index contributed by atoms with van der Waals surface area (Å²) in [5.74, 6) is 0.367. The Morgan fingerprint density at radius 1 is 1.47 bits per heavy atom. The molecule has 100 valence electrons. The number of hydrogen-bond donors (Lipinski definition) is 2. The van der Waals surface area contributed by atoms with Crippen LogP contribution in [-0.2, 0) is 14.6 Å². The summed E-state index contributed by atoms with van der Waals surface area (Å²) in [4.78, 5) is 4.01. The summed E-state index contributed by atoms with van der Waals surface area (Å²) in [5.41, 5.74) is 6.48. The lowest BCUT2D eigenvalue weighted by Gasteiger charge is -2.06. The van der Waals surface area contributed by atoms with Gasteiger partial charge in [-0.3, -0.25) is 0 Å². The highest BCUT2D eigenvalue weighted by molar-refractivity contribution is 7.90. The Bertz CT molecular complexity index is 363. The zero-order valence-corrected chi connectivity index (χ0v) is 11.2. The first-order valence-electron chi connectivity index (χ1n) is 5.25. The largest absolute Gasteiger partial charge is 0.379 e. The fourth-order valence-corrected chi connectivity index (χ4v) is 1.26. The topological polar surface area (TPSA) is 93.8 Å². The van der Waals surface area contributed by atoms with Gasteiger partial charge in [-0.25, -0.2) is 13.4 Å². The molecule has 6 nitrogen and oxygen atoms in total. The Kier molecular flexibility index (Phi) is 7.56. The lowest BCUT2D eigenvalue weighted by atomic mass is 10.4. The zero-order chi connectivity index (χ0) is 13.3. The van der Waals surface area contributed by atoms with Crippen LogP contribution in [0.4, 0.5) is 0 Å². The van der Waals surface area contributed by atoms with Gasteiger partial charge in [-0.05, 0) is 6.92 Å². The molecule has 0 aliphatic rings. The van der Waals surface area contributed by atoms with E-state index < -0.39 is 9.84 Å². The number of aliphatic imine (C=N–C) groups is 1. The maximum absolute atomic E-state index is 10.8. The highest BCUT2D eigenvalue weighted by atomic mass is 32.2. The van der Waals surface area contributed by atoms with Crippen molar-refractivity contribution in [1.82, 2.24) is 5.32 Å². The van der Waals surface area contributed by atoms with Crippen molar-refractivity contribution in [2.75, 3.05) is 38.3 Å².